The number of hydrogen-bond donors (Lipinski definition) is 1. The van der Waals surface area contributed by atoms with Crippen LogP contribution in [0.5, 0.6) is 0 Å². The van der Waals surface area contributed by atoms with Gasteiger partial charge in [-0.25, -0.2) is 0 Å². The molecule has 28 heavy (non-hydrogen) atoms. The summed E-state index contributed by atoms with van der Waals surface area (Å²) in [5.74, 6) is 1.26. The maximum absolute atomic E-state index is 12.8. The molecule has 152 valence electrons. The van der Waals surface area contributed by atoms with Crippen LogP contribution in [0.2, 0.25) is 0 Å². The lowest BCUT2D eigenvalue weighted by Crippen LogP contribution is -2.38. The molecule has 0 bridgehead atoms. The molecule has 0 aliphatic rings. The van der Waals surface area contributed by atoms with Crippen molar-refractivity contribution in [2.45, 2.75) is 59.4 Å². The van der Waals surface area contributed by atoms with Crippen LogP contribution in [-0.4, -0.2) is 35.8 Å². The van der Waals surface area contributed by atoms with Crippen molar-refractivity contribution in [3.63, 3.8) is 0 Å². The Morgan fingerprint density at radius 3 is 2.46 bits per heavy atom. The smallest absolute Gasteiger partial charge is 0.257 e. The van der Waals surface area contributed by atoms with E-state index in [-0.39, 0.29) is 17.9 Å². The number of carbonyl (C=O) groups is 2. The van der Waals surface area contributed by atoms with Crippen LogP contribution in [0.25, 0.3) is 0 Å². The van der Waals surface area contributed by atoms with E-state index in [0.717, 1.165) is 25.0 Å². The summed E-state index contributed by atoms with van der Waals surface area (Å²) in [6, 6.07) is 12.1. The highest BCUT2D eigenvalue weighted by atomic mass is 16.3. The van der Waals surface area contributed by atoms with Gasteiger partial charge in [0.25, 0.3) is 5.91 Å². The summed E-state index contributed by atoms with van der Waals surface area (Å²) in [6.07, 6.45) is 2.97. The van der Waals surface area contributed by atoms with Crippen LogP contribution in [0, 0.1) is 13.8 Å². The lowest BCUT2D eigenvalue weighted by Gasteiger charge is -2.22. The summed E-state index contributed by atoms with van der Waals surface area (Å²) in [4.78, 5) is 26.9. The zero-order valence-electron chi connectivity index (χ0n) is 17.5. The van der Waals surface area contributed by atoms with E-state index in [1.165, 1.54) is 5.56 Å². The molecule has 1 aromatic heterocycles. The van der Waals surface area contributed by atoms with Crippen LogP contribution in [-0.2, 0) is 11.2 Å². The Balaban J connectivity index is 1.82. The molecule has 2 amide bonds. The number of nitrogens with one attached hydrogen (secondary N) is 1. The Hall–Kier alpha value is -2.56. The van der Waals surface area contributed by atoms with Gasteiger partial charge in [0.2, 0.25) is 5.91 Å². The van der Waals surface area contributed by atoms with Crippen molar-refractivity contribution in [2.24, 2.45) is 0 Å². The number of furan rings is 1. The third kappa shape index (κ3) is 6.55. The molecule has 0 saturated carbocycles. The Kier molecular flexibility index (Phi) is 8.30. The summed E-state index contributed by atoms with van der Waals surface area (Å²) < 4.78 is 5.48. The molecule has 0 spiro atoms. The van der Waals surface area contributed by atoms with Gasteiger partial charge in [0.1, 0.15) is 11.5 Å². The van der Waals surface area contributed by atoms with Crippen molar-refractivity contribution in [3.05, 3.63) is 59.0 Å². The van der Waals surface area contributed by atoms with E-state index in [1.807, 2.05) is 39.0 Å². The minimum atomic E-state index is -0.0684. The Bertz CT molecular complexity index is 767. The van der Waals surface area contributed by atoms with Crippen molar-refractivity contribution in [1.29, 1.82) is 0 Å². The Labute approximate surface area is 168 Å². The first-order chi connectivity index (χ1) is 13.4. The van der Waals surface area contributed by atoms with Gasteiger partial charge in [-0.2, -0.15) is 0 Å². The molecule has 1 heterocycles. The summed E-state index contributed by atoms with van der Waals surface area (Å²) in [5, 5.41) is 3.05. The SMILES string of the molecule is CCCN(CCC(=O)NC(C)CCc1ccccc1)C(=O)c1cc(C)oc1C. The van der Waals surface area contributed by atoms with Gasteiger partial charge in [-0.3, -0.25) is 9.59 Å². The monoisotopic (exact) mass is 384 g/mol. The molecule has 2 rings (SSSR count). The molecular formula is C23H32N2O3. The molecule has 5 heteroatoms. The molecular weight excluding hydrogens is 352 g/mol. The van der Waals surface area contributed by atoms with Gasteiger partial charge in [0, 0.05) is 25.6 Å². The minimum absolute atomic E-state index is 0.0189. The van der Waals surface area contributed by atoms with Gasteiger partial charge < -0.3 is 14.6 Å². The predicted molar refractivity (Wildman–Crippen MR) is 111 cm³/mol. The zero-order valence-corrected chi connectivity index (χ0v) is 17.5. The fourth-order valence-electron chi connectivity index (χ4n) is 3.28. The van der Waals surface area contributed by atoms with Crippen LogP contribution in [0.1, 0.15) is 60.6 Å². The number of amides is 2. The fourth-order valence-corrected chi connectivity index (χ4v) is 3.28. The van der Waals surface area contributed by atoms with Gasteiger partial charge >= 0.3 is 0 Å². The van der Waals surface area contributed by atoms with Gasteiger partial charge in [-0.1, -0.05) is 37.3 Å². The van der Waals surface area contributed by atoms with Crippen LogP contribution in [0.15, 0.2) is 40.8 Å². The fraction of sp³-hybridized carbons (Fsp3) is 0.478. The van der Waals surface area contributed by atoms with Crippen LogP contribution in [0.4, 0.5) is 0 Å². The van der Waals surface area contributed by atoms with Gasteiger partial charge in [0.15, 0.2) is 0 Å². The van der Waals surface area contributed by atoms with Gasteiger partial charge in [-0.05, 0) is 51.7 Å². The van der Waals surface area contributed by atoms with E-state index < -0.39 is 0 Å². The summed E-state index contributed by atoms with van der Waals surface area (Å²) in [6.45, 7) is 8.71. The van der Waals surface area contributed by atoms with E-state index in [1.54, 1.807) is 17.9 Å². The normalized spacial score (nSPS) is 11.9. The van der Waals surface area contributed by atoms with Crippen LogP contribution < -0.4 is 5.32 Å². The number of rotatable bonds is 10. The molecule has 1 unspecified atom stereocenters. The lowest BCUT2D eigenvalue weighted by molar-refractivity contribution is -0.121. The number of hydrogen-bond acceptors (Lipinski definition) is 3. The van der Waals surface area contributed by atoms with Crippen molar-refractivity contribution in [3.8, 4) is 0 Å². The number of benzene rings is 1. The third-order valence-electron chi connectivity index (χ3n) is 4.78. The Morgan fingerprint density at radius 1 is 1.14 bits per heavy atom. The van der Waals surface area contributed by atoms with Crippen LogP contribution >= 0.6 is 0 Å². The molecule has 0 aliphatic heterocycles. The van der Waals surface area contributed by atoms with Crippen molar-refractivity contribution in [2.75, 3.05) is 13.1 Å². The first kappa shape index (κ1) is 21.7. The molecule has 0 radical (unpaired) electrons. The van der Waals surface area contributed by atoms with Crippen molar-refractivity contribution >= 4 is 11.8 Å². The zero-order chi connectivity index (χ0) is 20.5. The topological polar surface area (TPSA) is 62.6 Å². The largest absolute Gasteiger partial charge is 0.466 e. The van der Waals surface area contributed by atoms with Crippen molar-refractivity contribution < 1.29 is 14.0 Å². The molecule has 0 aliphatic carbocycles. The maximum Gasteiger partial charge on any atom is 0.257 e. The number of nitrogens with zero attached hydrogens (tertiary/aromatic N) is 1. The van der Waals surface area contributed by atoms with E-state index in [0.29, 0.717) is 30.8 Å². The summed E-state index contributed by atoms with van der Waals surface area (Å²) in [7, 11) is 0. The quantitative estimate of drug-likeness (QED) is 0.665. The second kappa shape index (κ2) is 10.7. The first-order valence-corrected chi connectivity index (χ1v) is 10.1. The average Bonchev–Trinajstić information content (AvgIpc) is 3.01. The number of carbonyl (C=O) groups excluding carboxylic acids is 2. The summed E-state index contributed by atoms with van der Waals surface area (Å²) in [5.41, 5.74) is 1.86. The molecule has 1 atom stereocenters. The molecule has 5 nitrogen and oxygen atoms in total. The van der Waals surface area contributed by atoms with E-state index >= 15 is 0 Å². The van der Waals surface area contributed by atoms with Gasteiger partial charge in [0.05, 0.1) is 5.56 Å². The number of aryl methyl sites for hydroxylation is 3. The van der Waals surface area contributed by atoms with Crippen molar-refractivity contribution in [1.82, 2.24) is 10.2 Å². The maximum atomic E-state index is 12.8. The molecule has 0 saturated heterocycles. The highest BCUT2D eigenvalue weighted by Crippen LogP contribution is 2.16. The average molecular weight is 385 g/mol. The van der Waals surface area contributed by atoms with E-state index in [4.69, 9.17) is 4.42 Å². The molecule has 1 aromatic carbocycles. The predicted octanol–water partition coefficient (Wildman–Crippen LogP) is 4.28. The van der Waals surface area contributed by atoms with E-state index in [2.05, 4.69) is 17.4 Å². The second-order valence-corrected chi connectivity index (χ2v) is 7.36. The standard InChI is InChI=1S/C23H32N2O3/c1-5-14-25(23(27)21-16-18(3)28-19(21)4)15-13-22(26)24-17(2)11-12-20-9-7-6-8-10-20/h6-10,16-17H,5,11-15H2,1-4H3,(H,24,26). The molecule has 0 fully saturated rings. The minimum Gasteiger partial charge on any atom is -0.466 e. The summed E-state index contributed by atoms with van der Waals surface area (Å²) >= 11 is 0. The lowest BCUT2D eigenvalue weighted by atomic mass is 10.1. The third-order valence-corrected chi connectivity index (χ3v) is 4.78. The molecule has 2 aromatic rings. The van der Waals surface area contributed by atoms with Gasteiger partial charge in [-0.15, -0.1) is 0 Å². The Morgan fingerprint density at radius 2 is 1.86 bits per heavy atom. The van der Waals surface area contributed by atoms with E-state index in [9.17, 15) is 9.59 Å². The van der Waals surface area contributed by atoms with Crippen LogP contribution in [0.3, 0.4) is 0 Å². The highest BCUT2D eigenvalue weighted by molar-refractivity contribution is 5.95. The first-order valence-electron chi connectivity index (χ1n) is 10.1. The molecule has 1 N–H and O–H groups in total. The second-order valence-electron chi connectivity index (χ2n) is 7.36. The highest BCUT2D eigenvalue weighted by Gasteiger charge is 2.21.